The van der Waals surface area contributed by atoms with E-state index in [0.717, 1.165) is 17.7 Å². The maximum absolute atomic E-state index is 13.4. The molecular formula is C11H15FN2. The topological polar surface area (TPSA) is 29.3 Å². The van der Waals surface area contributed by atoms with Crippen LogP contribution < -0.4 is 10.6 Å². The minimum atomic E-state index is -0.113. The van der Waals surface area contributed by atoms with Crippen molar-refractivity contribution < 1.29 is 4.39 Å². The Morgan fingerprint density at radius 1 is 1.57 bits per heavy atom. The van der Waals surface area contributed by atoms with Gasteiger partial charge in [0.2, 0.25) is 0 Å². The normalized spacial score (nSPS) is 22.3. The molecule has 2 unspecified atom stereocenters. The number of likely N-dealkylation sites (N-methyl/N-ethyl adjacent to an activating group) is 1. The van der Waals surface area contributed by atoms with Gasteiger partial charge in [0.05, 0.1) is 0 Å². The monoisotopic (exact) mass is 194 g/mol. The molecule has 0 fully saturated rings. The summed E-state index contributed by atoms with van der Waals surface area (Å²) in [6.45, 7) is 1.96. The zero-order valence-electron chi connectivity index (χ0n) is 8.50. The molecule has 0 saturated carbocycles. The van der Waals surface area contributed by atoms with Crippen molar-refractivity contribution in [2.45, 2.75) is 25.4 Å². The third kappa shape index (κ3) is 1.28. The average Bonchev–Trinajstić information content (AvgIpc) is 2.46. The van der Waals surface area contributed by atoms with Gasteiger partial charge in [-0.05, 0) is 25.5 Å². The van der Waals surface area contributed by atoms with Gasteiger partial charge in [0.1, 0.15) is 5.82 Å². The molecule has 0 aromatic heterocycles. The Kier molecular flexibility index (Phi) is 2.19. The summed E-state index contributed by atoms with van der Waals surface area (Å²) in [5, 5.41) is 0. The van der Waals surface area contributed by atoms with Gasteiger partial charge in [-0.3, -0.25) is 0 Å². The van der Waals surface area contributed by atoms with E-state index in [1.807, 2.05) is 20.0 Å². The van der Waals surface area contributed by atoms with Crippen LogP contribution in [0.3, 0.4) is 0 Å². The van der Waals surface area contributed by atoms with Crippen LogP contribution in [0.5, 0.6) is 0 Å². The molecule has 3 heteroatoms. The third-order valence-corrected chi connectivity index (χ3v) is 2.99. The second kappa shape index (κ2) is 3.24. The van der Waals surface area contributed by atoms with E-state index >= 15 is 0 Å². The SMILES string of the molecule is CC(N)C1Cc2c(F)cccc2N1C. The lowest BCUT2D eigenvalue weighted by atomic mass is 10.1. The van der Waals surface area contributed by atoms with Crippen molar-refractivity contribution in [1.82, 2.24) is 0 Å². The average molecular weight is 194 g/mol. The van der Waals surface area contributed by atoms with Gasteiger partial charge in [0, 0.05) is 30.4 Å². The van der Waals surface area contributed by atoms with Crippen molar-refractivity contribution in [3.05, 3.63) is 29.6 Å². The first-order valence-electron chi connectivity index (χ1n) is 4.87. The van der Waals surface area contributed by atoms with E-state index < -0.39 is 0 Å². The summed E-state index contributed by atoms with van der Waals surface area (Å²) in [6, 6.07) is 5.49. The van der Waals surface area contributed by atoms with Gasteiger partial charge in [-0.25, -0.2) is 4.39 Å². The molecule has 2 nitrogen and oxygen atoms in total. The van der Waals surface area contributed by atoms with Crippen molar-refractivity contribution in [3.63, 3.8) is 0 Å². The molecule has 76 valence electrons. The number of hydrogen-bond acceptors (Lipinski definition) is 2. The summed E-state index contributed by atoms with van der Waals surface area (Å²) in [5.41, 5.74) is 7.64. The predicted octanol–water partition coefficient (Wildman–Crippen LogP) is 1.53. The molecule has 0 bridgehead atoms. The number of hydrogen-bond donors (Lipinski definition) is 1. The summed E-state index contributed by atoms with van der Waals surface area (Å²) < 4.78 is 13.4. The first kappa shape index (κ1) is 9.46. The van der Waals surface area contributed by atoms with Crippen LogP contribution in [0.4, 0.5) is 10.1 Å². The van der Waals surface area contributed by atoms with Crippen molar-refractivity contribution in [2.75, 3.05) is 11.9 Å². The number of fused-ring (bicyclic) bond motifs is 1. The highest BCUT2D eigenvalue weighted by atomic mass is 19.1. The second-order valence-corrected chi connectivity index (χ2v) is 3.98. The minimum absolute atomic E-state index is 0.0619. The zero-order chi connectivity index (χ0) is 10.3. The van der Waals surface area contributed by atoms with Gasteiger partial charge in [-0.2, -0.15) is 0 Å². The molecule has 0 amide bonds. The zero-order valence-corrected chi connectivity index (χ0v) is 8.50. The maximum Gasteiger partial charge on any atom is 0.128 e. The Hall–Kier alpha value is -1.09. The lowest BCUT2D eigenvalue weighted by Crippen LogP contribution is -2.42. The lowest BCUT2D eigenvalue weighted by Gasteiger charge is -2.25. The molecule has 0 saturated heterocycles. The van der Waals surface area contributed by atoms with Gasteiger partial charge in [0.15, 0.2) is 0 Å². The Bertz CT molecular complexity index is 349. The van der Waals surface area contributed by atoms with Crippen molar-refractivity contribution in [3.8, 4) is 0 Å². The van der Waals surface area contributed by atoms with Crippen LogP contribution >= 0.6 is 0 Å². The van der Waals surface area contributed by atoms with E-state index in [-0.39, 0.29) is 17.9 Å². The Morgan fingerprint density at radius 3 is 2.86 bits per heavy atom. The van der Waals surface area contributed by atoms with Gasteiger partial charge < -0.3 is 10.6 Å². The summed E-state index contributed by atoms with van der Waals surface area (Å²) in [6.07, 6.45) is 0.718. The fraction of sp³-hybridized carbons (Fsp3) is 0.455. The summed E-state index contributed by atoms with van der Waals surface area (Å²) in [5.74, 6) is -0.113. The van der Waals surface area contributed by atoms with Gasteiger partial charge in [-0.1, -0.05) is 6.07 Å². The number of nitrogens with zero attached hydrogens (tertiary/aromatic N) is 1. The first-order valence-corrected chi connectivity index (χ1v) is 4.87. The van der Waals surface area contributed by atoms with E-state index in [0.29, 0.717) is 0 Å². The molecule has 0 spiro atoms. The van der Waals surface area contributed by atoms with Crippen LogP contribution in [-0.2, 0) is 6.42 Å². The third-order valence-electron chi connectivity index (χ3n) is 2.99. The summed E-state index contributed by atoms with van der Waals surface area (Å²) in [7, 11) is 1.97. The van der Waals surface area contributed by atoms with Crippen LogP contribution in [0, 0.1) is 5.82 Å². The summed E-state index contributed by atoms with van der Waals surface area (Å²) in [4.78, 5) is 2.07. The van der Waals surface area contributed by atoms with Gasteiger partial charge >= 0.3 is 0 Å². The van der Waals surface area contributed by atoms with E-state index in [1.54, 1.807) is 6.07 Å². The van der Waals surface area contributed by atoms with E-state index in [1.165, 1.54) is 6.07 Å². The van der Waals surface area contributed by atoms with Crippen molar-refractivity contribution >= 4 is 5.69 Å². The Balaban J connectivity index is 2.40. The molecule has 1 aliphatic heterocycles. The van der Waals surface area contributed by atoms with Gasteiger partial charge in [0.25, 0.3) is 0 Å². The predicted molar refractivity (Wildman–Crippen MR) is 55.9 cm³/mol. The standard InChI is InChI=1S/C11H15FN2/c1-7(13)11-6-8-9(12)4-3-5-10(8)14(11)2/h3-5,7,11H,6,13H2,1-2H3. The first-order chi connectivity index (χ1) is 6.61. The van der Waals surface area contributed by atoms with Crippen LogP contribution in [-0.4, -0.2) is 19.1 Å². The molecule has 0 radical (unpaired) electrons. The van der Waals surface area contributed by atoms with Crippen LogP contribution in [0.1, 0.15) is 12.5 Å². The van der Waals surface area contributed by atoms with Crippen LogP contribution in [0.2, 0.25) is 0 Å². The molecule has 1 aliphatic rings. The van der Waals surface area contributed by atoms with E-state index in [9.17, 15) is 4.39 Å². The lowest BCUT2D eigenvalue weighted by molar-refractivity contribution is 0.546. The molecule has 1 aromatic rings. The highest BCUT2D eigenvalue weighted by molar-refractivity contribution is 5.59. The molecule has 14 heavy (non-hydrogen) atoms. The largest absolute Gasteiger partial charge is 0.369 e. The fourth-order valence-electron chi connectivity index (χ4n) is 2.14. The van der Waals surface area contributed by atoms with Gasteiger partial charge in [-0.15, -0.1) is 0 Å². The Labute approximate surface area is 83.5 Å². The minimum Gasteiger partial charge on any atom is -0.369 e. The number of halogens is 1. The van der Waals surface area contributed by atoms with Crippen LogP contribution in [0.25, 0.3) is 0 Å². The number of anilines is 1. The molecule has 2 N–H and O–H groups in total. The molecule has 2 atom stereocenters. The van der Waals surface area contributed by atoms with Crippen molar-refractivity contribution in [1.29, 1.82) is 0 Å². The highest BCUT2D eigenvalue weighted by Gasteiger charge is 2.30. The van der Waals surface area contributed by atoms with E-state index in [2.05, 4.69) is 4.90 Å². The number of benzene rings is 1. The Morgan fingerprint density at radius 2 is 2.29 bits per heavy atom. The smallest absolute Gasteiger partial charge is 0.128 e. The molecule has 0 aliphatic carbocycles. The van der Waals surface area contributed by atoms with Crippen LogP contribution in [0.15, 0.2) is 18.2 Å². The molecular weight excluding hydrogens is 179 g/mol. The second-order valence-electron chi connectivity index (χ2n) is 3.98. The highest BCUT2D eigenvalue weighted by Crippen LogP contribution is 2.33. The van der Waals surface area contributed by atoms with E-state index in [4.69, 9.17) is 5.73 Å². The maximum atomic E-state index is 13.4. The fourth-order valence-corrected chi connectivity index (χ4v) is 2.14. The number of nitrogens with two attached hydrogens (primary N) is 1. The summed E-state index contributed by atoms with van der Waals surface area (Å²) >= 11 is 0. The molecule has 1 aromatic carbocycles. The molecule has 2 rings (SSSR count). The molecule has 1 heterocycles. The number of rotatable bonds is 1. The van der Waals surface area contributed by atoms with Crippen molar-refractivity contribution in [2.24, 2.45) is 5.73 Å². The quantitative estimate of drug-likeness (QED) is 0.734.